The van der Waals surface area contributed by atoms with Crippen molar-refractivity contribution in [1.82, 2.24) is 4.98 Å². The predicted octanol–water partition coefficient (Wildman–Crippen LogP) is 2.23. The Morgan fingerprint density at radius 1 is 1.38 bits per heavy atom. The number of hydrogen-bond acceptors (Lipinski definition) is 3. The summed E-state index contributed by atoms with van der Waals surface area (Å²) in [6, 6.07) is 0. The van der Waals surface area contributed by atoms with E-state index in [-0.39, 0.29) is 11.7 Å². The van der Waals surface area contributed by atoms with Crippen LogP contribution in [0.5, 0.6) is 0 Å². The molecule has 1 N–H and O–H groups in total. The van der Waals surface area contributed by atoms with Crippen LogP contribution in [0.15, 0.2) is 0 Å². The minimum Gasteiger partial charge on any atom is -0.461 e. The number of H-pyrrole nitrogens is 1. The standard InChI is InChI=1S/C11H14ClNO3/c1-4-16-11(15)10-6(2)9(7(3)13-10)8(14)5-12/h13H,4-5H2,1-3H3. The van der Waals surface area contributed by atoms with E-state index < -0.39 is 5.97 Å². The second kappa shape index (κ2) is 5.16. The van der Waals surface area contributed by atoms with E-state index >= 15 is 0 Å². The molecule has 1 aromatic rings. The lowest BCUT2D eigenvalue weighted by Gasteiger charge is -2.00. The molecule has 5 heteroatoms. The summed E-state index contributed by atoms with van der Waals surface area (Å²) in [5, 5.41) is 0. The van der Waals surface area contributed by atoms with Crippen molar-refractivity contribution in [2.45, 2.75) is 20.8 Å². The van der Waals surface area contributed by atoms with Crippen LogP contribution in [0, 0.1) is 13.8 Å². The van der Waals surface area contributed by atoms with Crippen LogP contribution >= 0.6 is 11.6 Å². The third-order valence-corrected chi connectivity index (χ3v) is 2.56. The van der Waals surface area contributed by atoms with E-state index in [4.69, 9.17) is 16.3 Å². The van der Waals surface area contributed by atoms with Crippen molar-refractivity contribution in [3.05, 3.63) is 22.5 Å². The Balaban J connectivity index is 3.16. The molecule has 1 heterocycles. The molecular weight excluding hydrogens is 230 g/mol. The highest BCUT2D eigenvalue weighted by atomic mass is 35.5. The van der Waals surface area contributed by atoms with Crippen molar-refractivity contribution in [2.75, 3.05) is 12.5 Å². The number of aromatic nitrogens is 1. The average molecular weight is 244 g/mol. The van der Waals surface area contributed by atoms with E-state index in [0.717, 1.165) is 0 Å². The first kappa shape index (κ1) is 12.8. The third kappa shape index (κ3) is 2.27. The fraction of sp³-hybridized carbons (Fsp3) is 0.455. The van der Waals surface area contributed by atoms with E-state index in [1.54, 1.807) is 20.8 Å². The number of halogens is 1. The smallest absolute Gasteiger partial charge is 0.355 e. The summed E-state index contributed by atoms with van der Waals surface area (Å²) >= 11 is 5.50. The van der Waals surface area contributed by atoms with Crippen molar-refractivity contribution < 1.29 is 14.3 Å². The topological polar surface area (TPSA) is 59.2 Å². The molecule has 0 aromatic carbocycles. The molecule has 0 saturated carbocycles. The molecule has 0 aliphatic rings. The molecule has 1 rings (SSSR count). The minimum atomic E-state index is -0.447. The van der Waals surface area contributed by atoms with Gasteiger partial charge in [-0.15, -0.1) is 11.6 Å². The second-order valence-electron chi connectivity index (χ2n) is 3.40. The van der Waals surface area contributed by atoms with Crippen LogP contribution in [0.4, 0.5) is 0 Å². The number of hydrogen-bond donors (Lipinski definition) is 1. The van der Waals surface area contributed by atoms with Crippen molar-refractivity contribution in [2.24, 2.45) is 0 Å². The molecule has 0 atom stereocenters. The Morgan fingerprint density at radius 3 is 2.50 bits per heavy atom. The van der Waals surface area contributed by atoms with Crippen LogP contribution in [0.1, 0.15) is 39.0 Å². The Morgan fingerprint density at radius 2 is 2.00 bits per heavy atom. The van der Waals surface area contributed by atoms with Gasteiger partial charge in [0.25, 0.3) is 0 Å². The molecule has 0 aliphatic carbocycles. The van der Waals surface area contributed by atoms with Crippen molar-refractivity contribution >= 4 is 23.4 Å². The second-order valence-corrected chi connectivity index (χ2v) is 3.67. The minimum absolute atomic E-state index is 0.0954. The number of ether oxygens (including phenoxy) is 1. The van der Waals surface area contributed by atoms with E-state index in [1.807, 2.05) is 0 Å². The van der Waals surface area contributed by atoms with Gasteiger partial charge in [-0.25, -0.2) is 4.79 Å². The normalized spacial score (nSPS) is 10.2. The summed E-state index contributed by atoms with van der Waals surface area (Å²) in [4.78, 5) is 25.9. The zero-order valence-corrected chi connectivity index (χ0v) is 10.3. The van der Waals surface area contributed by atoms with Crippen LogP contribution in [-0.2, 0) is 4.74 Å². The molecule has 0 radical (unpaired) electrons. The van der Waals surface area contributed by atoms with Gasteiger partial charge in [0.2, 0.25) is 0 Å². The molecule has 0 aliphatic heterocycles. The fourth-order valence-electron chi connectivity index (χ4n) is 1.64. The Labute approximate surface area is 98.9 Å². The van der Waals surface area contributed by atoms with Crippen LogP contribution in [0.3, 0.4) is 0 Å². The van der Waals surface area contributed by atoms with Gasteiger partial charge in [0.1, 0.15) is 5.69 Å². The SMILES string of the molecule is CCOC(=O)c1[nH]c(C)c(C(=O)CCl)c1C. The maximum atomic E-state index is 11.5. The van der Waals surface area contributed by atoms with Gasteiger partial charge >= 0.3 is 5.97 Å². The summed E-state index contributed by atoms with van der Waals surface area (Å²) in [7, 11) is 0. The van der Waals surface area contributed by atoms with Crippen LogP contribution < -0.4 is 0 Å². The number of Topliss-reactive ketones (excluding diaryl/α,β-unsaturated/α-hetero) is 1. The van der Waals surface area contributed by atoms with Crippen LogP contribution in [-0.4, -0.2) is 29.2 Å². The van der Waals surface area contributed by atoms with Gasteiger partial charge in [0, 0.05) is 11.3 Å². The van der Waals surface area contributed by atoms with Gasteiger partial charge in [0.15, 0.2) is 5.78 Å². The lowest BCUT2D eigenvalue weighted by molar-refractivity contribution is 0.0519. The number of carbonyl (C=O) groups excluding carboxylic acids is 2. The van der Waals surface area contributed by atoms with Gasteiger partial charge in [-0.2, -0.15) is 0 Å². The summed E-state index contributed by atoms with van der Waals surface area (Å²) in [5.74, 6) is -0.734. The largest absolute Gasteiger partial charge is 0.461 e. The molecule has 1 aromatic heterocycles. The summed E-state index contributed by atoms with van der Waals surface area (Å²) in [6.45, 7) is 5.47. The first-order chi connectivity index (χ1) is 7.52. The first-order valence-electron chi connectivity index (χ1n) is 4.98. The lowest BCUT2D eigenvalue weighted by Crippen LogP contribution is -2.07. The zero-order valence-electron chi connectivity index (χ0n) is 9.52. The third-order valence-electron chi connectivity index (χ3n) is 2.32. The van der Waals surface area contributed by atoms with Gasteiger partial charge in [-0.05, 0) is 26.3 Å². The molecule has 0 bridgehead atoms. The van der Waals surface area contributed by atoms with Gasteiger partial charge in [-0.1, -0.05) is 0 Å². The highest BCUT2D eigenvalue weighted by Crippen LogP contribution is 2.19. The monoisotopic (exact) mass is 243 g/mol. The van der Waals surface area contributed by atoms with Crippen molar-refractivity contribution in [1.29, 1.82) is 0 Å². The number of esters is 1. The predicted molar refractivity (Wildman–Crippen MR) is 61.3 cm³/mol. The number of nitrogens with one attached hydrogen (secondary N) is 1. The van der Waals surface area contributed by atoms with Gasteiger partial charge < -0.3 is 9.72 Å². The summed E-state index contributed by atoms with van der Waals surface area (Å²) in [5.41, 5.74) is 2.05. The fourth-order valence-corrected chi connectivity index (χ4v) is 1.78. The maximum Gasteiger partial charge on any atom is 0.355 e. The Kier molecular flexibility index (Phi) is 4.12. The van der Waals surface area contributed by atoms with E-state index in [0.29, 0.717) is 29.1 Å². The quantitative estimate of drug-likeness (QED) is 0.501. The number of ketones is 1. The van der Waals surface area contributed by atoms with Crippen LogP contribution in [0.25, 0.3) is 0 Å². The van der Waals surface area contributed by atoms with E-state index in [9.17, 15) is 9.59 Å². The molecule has 0 saturated heterocycles. The summed E-state index contributed by atoms with van der Waals surface area (Å²) < 4.78 is 4.88. The zero-order chi connectivity index (χ0) is 12.3. The van der Waals surface area contributed by atoms with E-state index in [2.05, 4.69) is 4.98 Å². The Hall–Kier alpha value is -1.29. The molecular formula is C11H14ClNO3. The molecule has 16 heavy (non-hydrogen) atoms. The molecule has 0 spiro atoms. The molecule has 0 fully saturated rings. The number of carbonyl (C=O) groups is 2. The summed E-state index contributed by atoms with van der Waals surface area (Å²) in [6.07, 6.45) is 0. The van der Waals surface area contributed by atoms with Crippen molar-refractivity contribution in [3.8, 4) is 0 Å². The first-order valence-corrected chi connectivity index (χ1v) is 5.51. The van der Waals surface area contributed by atoms with Crippen LogP contribution in [0.2, 0.25) is 0 Å². The van der Waals surface area contributed by atoms with Crippen molar-refractivity contribution in [3.63, 3.8) is 0 Å². The molecule has 4 nitrogen and oxygen atoms in total. The number of aromatic amines is 1. The maximum absolute atomic E-state index is 11.5. The number of alkyl halides is 1. The van der Waals surface area contributed by atoms with E-state index in [1.165, 1.54) is 0 Å². The highest BCUT2D eigenvalue weighted by molar-refractivity contribution is 6.31. The molecule has 0 unspecified atom stereocenters. The van der Waals surface area contributed by atoms with Gasteiger partial charge in [-0.3, -0.25) is 4.79 Å². The molecule has 0 amide bonds. The molecule has 88 valence electrons. The van der Waals surface area contributed by atoms with Gasteiger partial charge in [0.05, 0.1) is 12.5 Å². The lowest BCUT2D eigenvalue weighted by atomic mass is 10.1. The number of aryl methyl sites for hydroxylation is 1. The highest BCUT2D eigenvalue weighted by Gasteiger charge is 2.21. The number of rotatable bonds is 4. The average Bonchev–Trinajstić information content (AvgIpc) is 2.54. The Bertz CT molecular complexity index is 423.